The Balaban J connectivity index is 1.80. The number of hydrogen-bond donors (Lipinski definition) is 2. The number of aromatic nitrogens is 2. The van der Waals surface area contributed by atoms with Gasteiger partial charge in [0.15, 0.2) is 11.4 Å². The van der Waals surface area contributed by atoms with Crippen LogP contribution in [0.4, 0.5) is 10.2 Å². The van der Waals surface area contributed by atoms with Gasteiger partial charge in [0.25, 0.3) is 5.91 Å². The fourth-order valence-corrected chi connectivity index (χ4v) is 3.54. The predicted octanol–water partition coefficient (Wildman–Crippen LogP) is 4.22. The van der Waals surface area contributed by atoms with E-state index in [1.807, 2.05) is 30.3 Å². The second-order valence-electron chi connectivity index (χ2n) is 7.74. The monoisotopic (exact) mass is 475 g/mol. The Morgan fingerprint density at radius 1 is 1.03 bits per heavy atom. The molecule has 0 spiro atoms. The molecule has 0 aliphatic heterocycles. The molecule has 0 aliphatic rings. The van der Waals surface area contributed by atoms with Crippen molar-refractivity contribution in [1.82, 2.24) is 9.97 Å². The van der Waals surface area contributed by atoms with E-state index in [0.29, 0.717) is 11.8 Å². The Morgan fingerprint density at radius 3 is 2.46 bits per heavy atom. The second kappa shape index (κ2) is 10.7. The number of carbonyl (C=O) groups is 2. The zero-order valence-electron chi connectivity index (χ0n) is 18.8. The third kappa shape index (κ3) is 5.77. The largest absolute Gasteiger partial charge is 0.484 e. The van der Waals surface area contributed by atoms with E-state index in [-0.39, 0.29) is 41.8 Å². The molecule has 4 aromatic rings. The van der Waals surface area contributed by atoms with Gasteiger partial charge in [-0.1, -0.05) is 42.5 Å². The van der Waals surface area contributed by atoms with Crippen molar-refractivity contribution in [2.45, 2.75) is 13.0 Å². The summed E-state index contributed by atoms with van der Waals surface area (Å²) in [5.74, 6) is -2.14. The van der Waals surface area contributed by atoms with E-state index in [0.717, 1.165) is 16.7 Å². The van der Waals surface area contributed by atoms with Crippen LogP contribution in [-0.4, -0.2) is 40.7 Å². The van der Waals surface area contributed by atoms with E-state index >= 15 is 0 Å². The van der Waals surface area contributed by atoms with Gasteiger partial charge in [0.1, 0.15) is 30.4 Å². The van der Waals surface area contributed by atoms with E-state index < -0.39 is 11.9 Å². The Labute approximate surface area is 200 Å². The number of anilines is 1. The average Bonchev–Trinajstić information content (AvgIpc) is 2.85. The lowest BCUT2D eigenvalue weighted by Crippen LogP contribution is -2.19. The highest BCUT2D eigenvalue weighted by Crippen LogP contribution is 2.33. The fourth-order valence-electron chi connectivity index (χ4n) is 3.54. The molecular formula is C26H22FN3O5. The van der Waals surface area contributed by atoms with E-state index in [4.69, 9.17) is 9.47 Å². The number of rotatable bonds is 9. The van der Waals surface area contributed by atoms with Crippen molar-refractivity contribution < 1.29 is 28.6 Å². The molecule has 0 unspecified atom stereocenters. The van der Waals surface area contributed by atoms with E-state index in [2.05, 4.69) is 15.3 Å². The van der Waals surface area contributed by atoms with Gasteiger partial charge in [-0.05, 0) is 41.3 Å². The number of carboxylic acid groups (broad SMARTS) is 1. The number of fused-ring (bicyclic) bond motifs is 1. The number of nitrogens with one attached hydrogen (secondary N) is 1. The molecular weight excluding hydrogens is 453 g/mol. The van der Waals surface area contributed by atoms with Crippen molar-refractivity contribution in [1.29, 1.82) is 0 Å². The number of carboxylic acids is 1. The number of ether oxygens (including phenoxy) is 2. The van der Waals surface area contributed by atoms with Gasteiger partial charge in [-0.2, -0.15) is 0 Å². The van der Waals surface area contributed by atoms with Crippen molar-refractivity contribution >= 4 is 28.6 Å². The van der Waals surface area contributed by atoms with Crippen LogP contribution in [0, 0.1) is 5.82 Å². The van der Waals surface area contributed by atoms with Gasteiger partial charge < -0.3 is 19.9 Å². The normalized spacial score (nSPS) is 10.8. The van der Waals surface area contributed by atoms with E-state index in [1.165, 1.54) is 19.2 Å². The molecule has 0 radical (unpaired) electrons. The standard InChI is InChI=1S/C26H22FN3O5/c1-34-15-21(31)29-25-20-12-18(11-16-7-9-19(27)10-8-16)13-28-22(20)24(23(30-25)26(32)33)35-14-17-5-3-2-4-6-17/h2-10,12-13H,11,14-15H2,1H3,(H,32,33)(H,29,30,31). The van der Waals surface area contributed by atoms with Crippen LogP contribution in [0.1, 0.15) is 27.2 Å². The highest BCUT2D eigenvalue weighted by molar-refractivity contribution is 6.05. The molecule has 9 heteroatoms. The van der Waals surface area contributed by atoms with Gasteiger partial charge >= 0.3 is 5.97 Å². The SMILES string of the molecule is COCC(=O)Nc1nc(C(=O)O)c(OCc2ccccc2)c2ncc(Cc3ccc(F)cc3)cc12. The highest BCUT2D eigenvalue weighted by atomic mass is 19.1. The van der Waals surface area contributed by atoms with Crippen molar-refractivity contribution in [2.75, 3.05) is 19.0 Å². The molecule has 0 fully saturated rings. The minimum Gasteiger partial charge on any atom is -0.484 e. The Kier molecular flexibility index (Phi) is 7.27. The van der Waals surface area contributed by atoms with Crippen LogP contribution in [-0.2, 0) is 22.6 Å². The lowest BCUT2D eigenvalue weighted by atomic mass is 10.0. The summed E-state index contributed by atoms with van der Waals surface area (Å²) in [7, 11) is 1.37. The van der Waals surface area contributed by atoms with Crippen molar-refractivity contribution in [3.8, 4) is 5.75 Å². The first-order valence-electron chi connectivity index (χ1n) is 10.7. The van der Waals surface area contributed by atoms with Gasteiger partial charge in [0, 0.05) is 18.7 Å². The number of benzene rings is 2. The van der Waals surface area contributed by atoms with Gasteiger partial charge in [0.05, 0.1) is 0 Å². The summed E-state index contributed by atoms with van der Waals surface area (Å²) in [5, 5.41) is 12.8. The minimum absolute atomic E-state index is 0.00516. The van der Waals surface area contributed by atoms with Crippen molar-refractivity contribution in [3.05, 3.63) is 95.1 Å². The average molecular weight is 475 g/mol. The number of pyridine rings is 2. The summed E-state index contributed by atoms with van der Waals surface area (Å²) < 4.78 is 24.0. The predicted molar refractivity (Wildman–Crippen MR) is 127 cm³/mol. The van der Waals surface area contributed by atoms with Crippen molar-refractivity contribution in [2.24, 2.45) is 0 Å². The first-order valence-corrected chi connectivity index (χ1v) is 10.7. The molecule has 2 heterocycles. The van der Waals surface area contributed by atoms with Crippen LogP contribution in [0.5, 0.6) is 5.75 Å². The summed E-state index contributed by atoms with van der Waals surface area (Å²) >= 11 is 0. The number of halogens is 1. The van der Waals surface area contributed by atoms with Gasteiger partial charge in [0.2, 0.25) is 0 Å². The second-order valence-corrected chi connectivity index (χ2v) is 7.74. The molecule has 35 heavy (non-hydrogen) atoms. The van der Waals surface area contributed by atoms with E-state index in [9.17, 15) is 19.1 Å². The van der Waals surface area contributed by atoms with Crippen LogP contribution in [0.3, 0.4) is 0 Å². The Morgan fingerprint density at radius 2 is 1.77 bits per heavy atom. The van der Waals surface area contributed by atoms with Gasteiger partial charge in [-0.3, -0.25) is 9.78 Å². The molecule has 0 aliphatic carbocycles. The number of hydrogen-bond acceptors (Lipinski definition) is 6. The Bertz CT molecular complexity index is 1360. The van der Waals surface area contributed by atoms with Crippen LogP contribution < -0.4 is 10.1 Å². The number of aromatic carboxylic acids is 1. The van der Waals surface area contributed by atoms with Crippen LogP contribution in [0.2, 0.25) is 0 Å². The molecule has 0 saturated carbocycles. The maximum Gasteiger partial charge on any atom is 0.358 e. The van der Waals surface area contributed by atoms with Gasteiger partial charge in [-0.15, -0.1) is 0 Å². The number of nitrogens with zero attached hydrogens (tertiary/aromatic N) is 2. The maximum absolute atomic E-state index is 13.3. The molecule has 8 nitrogen and oxygen atoms in total. The smallest absolute Gasteiger partial charge is 0.358 e. The fraction of sp³-hybridized carbons (Fsp3) is 0.154. The molecule has 4 rings (SSSR count). The lowest BCUT2D eigenvalue weighted by Gasteiger charge is -2.15. The molecule has 0 bridgehead atoms. The molecule has 178 valence electrons. The molecule has 2 N–H and O–H groups in total. The maximum atomic E-state index is 13.3. The topological polar surface area (TPSA) is 111 Å². The summed E-state index contributed by atoms with van der Waals surface area (Å²) in [5.41, 5.74) is 2.31. The first-order chi connectivity index (χ1) is 16.9. The molecule has 1 amide bonds. The number of carbonyl (C=O) groups excluding carboxylic acids is 1. The third-order valence-electron chi connectivity index (χ3n) is 5.14. The molecule has 2 aromatic heterocycles. The quantitative estimate of drug-likeness (QED) is 0.373. The van der Waals surface area contributed by atoms with Gasteiger partial charge in [-0.25, -0.2) is 14.2 Å². The zero-order chi connectivity index (χ0) is 24.8. The summed E-state index contributed by atoms with van der Waals surface area (Å²) in [4.78, 5) is 32.9. The van der Waals surface area contributed by atoms with E-state index in [1.54, 1.807) is 24.4 Å². The highest BCUT2D eigenvalue weighted by Gasteiger charge is 2.23. The molecule has 0 atom stereocenters. The summed E-state index contributed by atoms with van der Waals surface area (Å²) in [6.07, 6.45) is 2.03. The number of amides is 1. The molecule has 0 saturated heterocycles. The van der Waals surface area contributed by atoms with Crippen LogP contribution >= 0.6 is 0 Å². The first kappa shape index (κ1) is 23.8. The van der Waals surface area contributed by atoms with Crippen LogP contribution in [0.25, 0.3) is 10.9 Å². The Hall–Kier alpha value is -4.37. The third-order valence-corrected chi connectivity index (χ3v) is 5.14. The summed E-state index contributed by atoms with van der Waals surface area (Å²) in [6, 6.07) is 17.1. The number of methoxy groups -OCH3 is 1. The lowest BCUT2D eigenvalue weighted by molar-refractivity contribution is -0.119. The zero-order valence-corrected chi connectivity index (χ0v) is 18.8. The van der Waals surface area contributed by atoms with Crippen molar-refractivity contribution in [3.63, 3.8) is 0 Å². The molecule has 2 aromatic carbocycles. The summed E-state index contributed by atoms with van der Waals surface area (Å²) in [6.45, 7) is -0.132. The van der Waals surface area contributed by atoms with Crippen LogP contribution in [0.15, 0.2) is 66.9 Å². The minimum atomic E-state index is -1.32.